The zero-order chi connectivity index (χ0) is 15.9. The number of rotatable bonds is 6. The Labute approximate surface area is 139 Å². The normalized spacial score (nSPS) is 14.3. The average Bonchev–Trinajstić information content (AvgIpc) is 2.92. The highest BCUT2D eigenvalue weighted by molar-refractivity contribution is 7.98. The Morgan fingerprint density at radius 2 is 2.32 bits per heavy atom. The van der Waals surface area contributed by atoms with Crippen LogP contribution >= 0.6 is 24.0 Å². The van der Waals surface area contributed by atoms with E-state index in [2.05, 4.69) is 16.9 Å². The number of anilines is 2. The summed E-state index contributed by atoms with van der Waals surface area (Å²) in [4.78, 5) is 13.3. The van der Waals surface area contributed by atoms with Gasteiger partial charge in [0.05, 0.1) is 5.69 Å². The Morgan fingerprint density at radius 1 is 1.50 bits per heavy atom. The van der Waals surface area contributed by atoms with Gasteiger partial charge in [0.15, 0.2) is 5.11 Å². The fourth-order valence-corrected chi connectivity index (χ4v) is 2.95. The van der Waals surface area contributed by atoms with Gasteiger partial charge in [-0.05, 0) is 55.3 Å². The van der Waals surface area contributed by atoms with Crippen molar-refractivity contribution in [1.82, 2.24) is 5.32 Å². The third-order valence-corrected chi connectivity index (χ3v) is 4.32. The van der Waals surface area contributed by atoms with Gasteiger partial charge in [-0.25, -0.2) is 4.39 Å². The lowest BCUT2D eigenvalue weighted by Crippen LogP contribution is -2.30. The molecular formula is C15H20FN3OS2. The summed E-state index contributed by atoms with van der Waals surface area (Å²) in [5.41, 5.74) is 0.996. The van der Waals surface area contributed by atoms with E-state index < -0.39 is 0 Å². The van der Waals surface area contributed by atoms with Crippen LogP contribution in [0.5, 0.6) is 0 Å². The van der Waals surface area contributed by atoms with Crippen molar-refractivity contribution in [2.45, 2.75) is 19.3 Å². The number of halogens is 1. The number of nitrogens with one attached hydrogen (secondary N) is 2. The molecule has 2 N–H and O–H groups in total. The Balaban J connectivity index is 1.97. The molecule has 7 heteroatoms. The number of benzene rings is 1. The minimum atomic E-state index is -0.389. The van der Waals surface area contributed by atoms with Crippen LogP contribution in [0.2, 0.25) is 0 Å². The molecule has 0 radical (unpaired) electrons. The summed E-state index contributed by atoms with van der Waals surface area (Å²) in [5, 5.41) is 6.65. The minimum absolute atomic E-state index is 0.0335. The molecule has 0 bridgehead atoms. The monoisotopic (exact) mass is 341 g/mol. The van der Waals surface area contributed by atoms with Crippen LogP contribution in [0.1, 0.15) is 19.3 Å². The van der Waals surface area contributed by atoms with Gasteiger partial charge in [-0.3, -0.25) is 4.79 Å². The summed E-state index contributed by atoms with van der Waals surface area (Å²) in [6.07, 6.45) is 4.34. The van der Waals surface area contributed by atoms with Gasteiger partial charge < -0.3 is 15.5 Å². The lowest BCUT2D eigenvalue weighted by atomic mass is 10.2. The number of carbonyl (C=O) groups excluding carboxylic acids is 1. The lowest BCUT2D eigenvalue weighted by molar-refractivity contribution is -0.117. The van der Waals surface area contributed by atoms with Crippen LogP contribution in [-0.2, 0) is 4.79 Å². The van der Waals surface area contributed by atoms with Crippen LogP contribution in [-0.4, -0.2) is 36.1 Å². The topological polar surface area (TPSA) is 44.4 Å². The van der Waals surface area contributed by atoms with Gasteiger partial charge in [-0.1, -0.05) is 0 Å². The second-order valence-electron chi connectivity index (χ2n) is 5.04. The molecule has 1 aliphatic rings. The molecule has 0 unspecified atom stereocenters. The number of nitrogens with zero attached hydrogens (tertiary/aromatic N) is 1. The van der Waals surface area contributed by atoms with Crippen molar-refractivity contribution < 1.29 is 9.18 Å². The first-order valence-electron chi connectivity index (χ1n) is 7.25. The van der Waals surface area contributed by atoms with Crippen molar-refractivity contribution in [3.05, 3.63) is 24.0 Å². The summed E-state index contributed by atoms with van der Waals surface area (Å²) in [5.74, 6) is 0.654. The molecule has 1 aliphatic heterocycles. The number of carbonyl (C=O) groups is 1. The molecule has 0 aromatic heterocycles. The molecule has 1 heterocycles. The molecular weight excluding hydrogens is 321 g/mol. The lowest BCUT2D eigenvalue weighted by Gasteiger charge is -2.18. The van der Waals surface area contributed by atoms with E-state index in [1.807, 2.05) is 0 Å². The summed E-state index contributed by atoms with van der Waals surface area (Å²) in [6.45, 7) is 1.36. The molecule has 0 aliphatic carbocycles. The largest absolute Gasteiger partial charge is 0.362 e. The fourth-order valence-electron chi connectivity index (χ4n) is 2.29. The summed E-state index contributed by atoms with van der Waals surface area (Å²) in [7, 11) is 0. The summed E-state index contributed by atoms with van der Waals surface area (Å²) >= 11 is 7.01. The van der Waals surface area contributed by atoms with Crippen LogP contribution in [0.15, 0.2) is 18.2 Å². The van der Waals surface area contributed by atoms with E-state index in [4.69, 9.17) is 12.2 Å². The first kappa shape index (κ1) is 17.0. The predicted octanol–water partition coefficient (Wildman–Crippen LogP) is 2.99. The summed E-state index contributed by atoms with van der Waals surface area (Å²) in [6, 6.07) is 4.61. The fraction of sp³-hybridized carbons (Fsp3) is 0.467. The molecule has 1 aromatic carbocycles. The van der Waals surface area contributed by atoms with Crippen LogP contribution in [0.4, 0.5) is 15.8 Å². The Kier molecular flexibility index (Phi) is 6.45. The molecule has 22 heavy (non-hydrogen) atoms. The Bertz CT molecular complexity index is 554. The maximum atomic E-state index is 13.9. The molecule has 120 valence electrons. The van der Waals surface area contributed by atoms with E-state index in [9.17, 15) is 9.18 Å². The summed E-state index contributed by atoms with van der Waals surface area (Å²) < 4.78 is 13.9. The number of hydrogen-bond donors (Lipinski definition) is 2. The van der Waals surface area contributed by atoms with Gasteiger partial charge in [-0.15, -0.1) is 0 Å². The molecule has 2 rings (SSSR count). The van der Waals surface area contributed by atoms with Gasteiger partial charge >= 0.3 is 0 Å². The highest BCUT2D eigenvalue weighted by Crippen LogP contribution is 2.27. The van der Waals surface area contributed by atoms with Gasteiger partial charge in [0.2, 0.25) is 5.91 Å². The Morgan fingerprint density at radius 3 is 3.00 bits per heavy atom. The molecule has 0 spiro atoms. The SMILES string of the molecule is CSCCCNC(=S)Nc1ccc(F)c(N2CCCC2=O)c1. The first-order chi connectivity index (χ1) is 10.6. The first-order valence-corrected chi connectivity index (χ1v) is 9.05. The maximum Gasteiger partial charge on any atom is 0.227 e. The smallest absolute Gasteiger partial charge is 0.227 e. The average molecular weight is 341 g/mol. The van der Waals surface area contributed by atoms with Crippen molar-refractivity contribution in [2.24, 2.45) is 0 Å². The second kappa shape index (κ2) is 8.33. The molecule has 1 fully saturated rings. The number of amides is 1. The molecule has 0 atom stereocenters. The third kappa shape index (κ3) is 4.58. The Hall–Kier alpha value is -1.34. The van der Waals surface area contributed by atoms with Crippen molar-refractivity contribution >= 4 is 46.4 Å². The van der Waals surface area contributed by atoms with Crippen molar-refractivity contribution in [1.29, 1.82) is 0 Å². The van der Waals surface area contributed by atoms with Gasteiger partial charge in [-0.2, -0.15) is 11.8 Å². The van der Waals surface area contributed by atoms with E-state index in [1.165, 1.54) is 11.0 Å². The highest BCUT2D eigenvalue weighted by Gasteiger charge is 2.24. The quantitative estimate of drug-likeness (QED) is 0.615. The number of thioether (sulfide) groups is 1. The van der Waals surface area contributed by atoms with Crippen LogP contribution in [0.3, 0.4) is 0 Å². The zero-order valence-electron chi connectivity index (χ0n) is 12.5. The maximum absolute atomic E-state index is 13.9. The number of hydrogen-bond acceptors (Lipinski definition) is 3. The molecule has 1 saturated heterocycles. The number of thiocarbonyl (C=S) groups is 1. The van der Waals surface area contributed by atoms with Crippen LogP contribution in [0.25, 0.3) is 0 Å². The van der Waals surface area contributed by atoms with Gasteiger partial charge in [0.25, 0.3) is 0 Å². The van der Waals surface area contributed by atoms with E-state index in [1.54, 1.807) is 23.9 Å². The van der Waals surface area contributed by atoms with Gasteiger partial charge in [0, 0.05) is 25.2 Å². The van der Waals surface area contributed by atoms with Crippen LogP contribution in [0, 0.1) is 5.82 Å². The third-order valence-electron chi connectivity index (χ3n) is 3.38. The molecule has 4 nitrogen and oxygen atoms in total. The standard InChI is InChI=1S/C15H20FN3OS2/c1-22-9-3-7-17-15(21)18-11-5-6-12(16)13(10-11)19-8-2-4-14(19)20/h5-6,10H,2-4,7-9H2,1H3,(H2,17,18,21). The van der Waals surface area contributed by atoms with E-state index >= 15 is 0 Å². The molecule has 1 aromatic rings. The predicted molar refractivity (Wildman–Crippen MR) is 95.2 cm³/mol. The van der Waals surface area contributed by atoms with Crippen molar-refractivity contribution in [2.75, 3.05) is 35.3 Å². The van der Waals surface area contributed by atoms with Gasteiger partial charge in [0.1, 0.15) is 5.82 Å². The van der Waals surface area contributed by atoms with Crippen molar-refractivity contribution in [3.8, 4) is 0 Å². The van der Waals surface area contributed by atoms with E-state index in [0.717, 1.165) is 25.1 Å². The zero-order valence-corrected chi connectivity index (χ0v) is 14.2. The highest BCUT2D eigenvalue weighted by atomic mass is 32.2. The van der Waals surface area contributed by atoms with Crippen LogP contribution < -0.4 is 15.5 Å². The molecule has 1 amide bonds. The van der Waals surface area contributed by atoms with E-state index in [-0.39, 0.29) is 11.7 Å². The molecule has 0 saturated carbocycles. The minimum Gasteiger partial charge on any atom is -0.362 e. The van der Waals surface area contributed by atoms with E-state index in [0.29, 0.717) is 29.5 Å². The second-order valence-corrected chi connectivity index (χ2v) is 6.44. The van der Waals surface area contributed by atoms with Crippen molar-refractivity contribution in [3.63, 3.8) is 0 Å².